The molecule has 0 spiro atoms. The molecule has 2 aromatic rings. The number of anilines is 1. The van der Waals surface area contributed by atoms with Gasteiger partial charge in [0.15, 0.2) is 0 Å². The Balaban J connectivity index is 2.07. The molecule has 5 heteroatoms. The van der Waals surface area contributed by atoms with Crippen LogP contribution in [0.2, 0.25) is 0 Å². The fraction of sp³-hybridized carbons (Fsp3) is 0.286. The van der Waals surface area contributed by atoms with Gasteiger partial charge in [0.25, 0.3) is 0 Å². The standard InChI is InChI=1S/C14H16BrN3O/c1-2-13-17-12(15)7-14(18-13)16-8-10-4-3-5-11(6-10)9-19/h3-7,19H,2,8-9H2,1H3,(H,16,17,18). The van der Waals surface area contributed by atoms with Gasteiger partial charge in [-0.3, -0.25) is 0 Å². The number of benzene rings is 1. The Morgan fingerprint density at radius 2 is 2.00 bits per heavy atom. The molecular weight excluding hydrogens is 306 g/mol. The zero-order valence-electron chi connectivity index (χ0n) is 10.7. The molecule has 0 saturated heterocycles. The highest BCUT2D eigenvalue weighted by atomic mass is 79.9. The van der Waals surface area contributed by atoms with Crippen LogP contribution in [-0.2, 0) is 19.6 Å². The number of nitrogens with zero attached hydrogens (tertiary/aromatic N) is 2. The number of aliphatic hydroxyl groups is 1. The average Bonchev–Trinajstić information content (AvgIpc) is 2.44. The molecule has 0 fully saturated rings. The van der Waals surface area contributed by atoms with E-state index in [4.69, 9.17) is 5.11 Å². The second-order valence-corrected chi connectivity index (χ2v) is 4.99. The first-order chi connectivity index (χ1) is 9.21. The Kier molecular flexibility index (Phi) is 4.87. The zero-order valence-corrected chi connectivity index (χ0v) is 12.3. The first-order valence-corrected chi connectivity index (χ1v) is 6.96. The van der Waals surface area contributed by atoms with Crippen LogP contribution in [0.1, 0.15) is 23.9 Å². The third-order valence-corrected chi connectivity index (χ3v) is 3.11. The maximum absolute atomic E-state index is 9.10. The van der Waals surface area contributed by atoms with E-state index in [9.17, 15) is 0 Å². The van der Waals surface area contributed by atoms with E-state index < -0.39 is 0 Å². The molecule has 100 valence electrons. The van der Waals surface area contributed by atoms with Crippen molar-refractivity contribution in [2.45, 2.75) is 26.5 Å². The van der Waals surface area contributed by atoms with Crippen LogP contribution in [0.5, 0.6) is 0 Å². The molecule has 0 radical (unpaired) electrons. The van der Waals surface area contributed by atoms with Crippen molar-refractivity contribution in [3.63, 3.8) is 0 Å². The fourth-order valence-electron chi connectivity index (χ4n) is 1.74. The van der Waals surface area contributed by atoms with E-state index in [0.717, 1.165) is 33.8 Å². The summed E-state index contributed by atoms with van der Waals surface area (Å²) in [6, 6.07) is 9.69. The van der Waals surface area contributed by atoms with E-state index in [1.165, 1.54) is 0 Å². The van der Waals surface area contributed by atoms with Crippen LogP contribution in [0, 0.1) is 0 Å². The lowest BCUT2D eigenvalue weighted by atomic mass is 10.1. The number of aromatic nitrogens is 2. The number of hydrogen-bond donors (Lipinski definition) is 2. The lowest BCUT2D eigenvalue weighted by Crippen LogP contribution is -2.04. The normalized spacial score (nSPS) is 10.5. The fourth-order valence-corrected chi connectivity index (χ4v) is 2.17. The van der Waals surface area contributed by atoms with E-state index in [2.05, 4.69) is 31.2 Å². The van der Waals surface area contributed by atoms with Gasteiger partial charge in [-0.05, 0) is 27.1 Å². The maximum atomic E-state index is 9.10. The molecule has 0 atom stereocenters. The van der Waals surface area contributed by atoms with Gasteiger partial charge in [0.05, 0.1) is 6.61 Å². The van der Waals surface area contributed by atoms with Gasteiger partial charge in [-0.25, -0.2) is 9.97 Å². The number of halogens is 1. The van der Waals surface area contributed by atoms with E-state index >= 15 is 0 Å². The van der Waals surface area contributed by atoms with Crippen molar-refractivity contribution >= 4 is 21.7 Å². The third kappa shape index (κ3) is 4.01. The van der Waals surface area contributed by atoms with Crippen LogP contribution in [0.3, 0.4) is 0 Å². The first-order valence-electron chi connectivity index (χ1n) is 6.17. The largest absolute Gasteiger partial charge is 0.392 e. The lowest BCUT2D eigenvalue weighted by molar-refractivity contribution is 0.281. The lowest BCUT2D eigenvalue weighted by Gasteiger charge is -2.08. The third-order valence-electron chi connectivity index (χ3n) is 2.71. The minimum atomic E-state index is 0.0624. The van der Waals surface area contributed by atoms with Gasteiger partial charge in [0, 0.05) is 19.0 Å². The molecule has 0 unspecified atom stereocenters. The van der Waals surface area contributed by atoms with E-state index in [-0.39, 0.29) is 6.61 Å². The van der Waals surface area contributed by atoms with E-state index in [0.29, 0.717) is 6.54 Å². The summed E-state index contributed by atoms with van der Waals surface area (Å²) in [5.74, 6) is 1.61. The second kappa shape index (κ2) is 6.63. The molecule has 4 nitrogen and oxygen atoms in total. The molecule has 1 aromatic heterocycles. The maximum Gasteiger partial charge on any atom is 0.131 e. The highest BCUT2D eigenvalue weighted by Crippen LogP contribution is 2.14. The van der Waals surface area contributed by atoms with Gasteiger partial charge in [-0.15, -0.1) is 0 Å². The van der Waals surface area contributed by atoms with Gasteiger partial charge in [-0.2, -0.15) is 0 Å². The summed E-state index contributed by atoms with van der Waals surface area (Å²) >= 11 is 3.38. The smallest absolute Gasteiger partial charge is 0.131 e. The molecule has 1 heterocycles. The van der Waals surface area contributed by atoms with Crippen LogP contribution >= 0.6 is 15.9 Å². The van der Waals surface area contributed by atoms with Crippen LogP contribution in [0.15, 0.2) is 34.9 Å². The molecule has 0 amide bonds. The summed E-state index contributed by atoms with van der Waals surface area (Å²) in [4.78, 5) is 8.68. The number of rotatable bonds is 5. The summed E-state index contributed by atoms with van der Waals surface area (Å²) in [6.45, 7) is 2.75. The Bertz CT molecular complexity index is 560. The molecule has 1 aromatic carbocycles. The van der Waals surface area contributed by atoms with Gasteiger partial charge in [0.2, 0.25) is 0 Å². The minimum Gasteiger partial charge on any atom is -0.392 e. The summed E-state index contributed by atoms with van der Waals surface area (Å²) in [7, 11) is 0. The monoisotopic (exact) mass is 321 g/mol. The molecule has 0 aliphatic carbocycles. The Labute approximate surface area is 121 Å². The van der Waals surface area contributed by atoms with Crippen molar-refractivity contribution in [2.24, 2.45) is 0 Å². The Morgan fingerprint density at radius 1 is 1.21 bits per heavy atom. The predicted molar refractivity (Wildman–Crippen MR) is 78.8 cm³/mol. The van der Waals surface area contributed by atoms with Crippen molar-refractivity contribution in [3.8, 4) is 0 Å². The molecule has 0 bridgehead atoms. The number of aliphatic hydroxyl groups excluding tert-OH is 1. The first kappa shape index (κ1) is 14.0. The predicted octanol–water partition coefficient (Wildman–Crippen LogP) is 2.91. The van der Waals surface area contributed by atoms with Crippen molar-refractivity contribution in [1.29, 1.82) is 0 Å². The summed E-state index contributed by atoms with van der Waals surface area (Å²) < 4.78 is 0.783. The second-order valence-electron chi connectivity index (χ2n) is 4.18. The van der Waals surface area contributed by atoms with Crippen LogP contribution < -0.4 is 5.32 Å². The van der Waals surface area contributed by atoms with E-state index in [1.54, 1.807) is 0 Å². The van der Waals surface area contributed by atoms with Crippen LogP contribution in [-0.4, -0.2) is 15.1 Å². The van der Waals surface area contributed by atoms with Crippen molar-refractivity contribution in [2.75, 3.05) is 5.32 Å². The van der Waals surface area contributed by atoms with Crippen LogP contribution in [0.25, 0.3) is 0 Å². The van der Waals surface area contributed by atoms with Gasteiger partial charge >= 0.3 is 0 Å². The molecule has 0 saturated carbocycles. The molecule has 2 N–H and O–H groups in total. The molecule has 2 rings (SSSR count). The summed E-state index contributed by atoms with van der Waals surface area (Å²) in [6.07, 6.45) is 0.800. The topological polar surface area (TPSA) is 58.0 Å². The van der Waals surface area contributed by atoms with Gasteiger partial charge < -0.3 is 10.4 Å². The molecular formula is C14H16BrN3O. The molecule has 0 aliphatic heterocycles. The van der Waals surface area contributed by atoms with Crippen molar-refractivity contribution in [1.82, 2.24) is 9.97 Å². The Hall–Kier alpha value is -1.46. The Morgan fingerprint density at radius 3 is 2.74 bits per heavy atom. The number of nitrogens with one attached hydrogen (secondary N) is 1. The molecule has 19 heavy (non-hydrogen) atoms. The summed E-state index contributed by atoms with van der Waals surface area (Å²) in [5, 5.41) is 12.4. The van der Waals surface area contributed by atoms with Crippen molar-refractivity contribution < 1.29 is 5.11 Å². The number of hydrogen-bond acceptors (Lipinski definition) is 4. The van der Waals surface area contributed by atoms with E-state index in [1.807, 2.05) is 37.3 Å². The summed E-state index contributed by atoms with van der Waals surface area (Å²) in [5.41, 5.74) is 2.02. The van der Waals surface area contributed by atoms with Crippen LogP contribution in [0.4, 0.5) is 5.82 Å². The number of aryl methyl sites for hydroxylation is 1. The van der Waals surface area contributed by atoms with Gasteiger partial charge in [-0.1, -0.05) is 31.2 Å². The van der Waals surface area contributed by atoms with Crippen molar-refractivity contribution in [3.05, 3.63) is 51.9 Å². The van der Waals surface area contributed by atoms with Gasteiger partial charge in [0.1, 0.15) is 16.2 Å². The minimum absolute atomic E-state index is 0.0624. The highest BCUT2D eigenvalue weighted by molar-refractivity contribution is 9.10. The average molecular weight is 322 g/mol. The molecule has 0 aliphatic rings. The zero-order chi connectivity index (χ0) is 13.7. The quantitative estimate of drug-likeness (QED) is 0.831. The SMILES string of the molecule is CCc1nc(Br)cc(NCc2cccc(CO)c2)n1. The highest BCUT2D eigenvalue weighted by Gasteiger charge is 2.02.